The molecule has 0 bridgehead atoms. The van der Waals surface area contributed by atoms with Crippen LogP contribution in [0, 0.1) is 0 Å². The van der Waals surface area contributed by atoms with Crippen LogP contribution in [-0.2, 0) is 11.3 Å². The molecule has 0 saturated carbocycles. The molecule has 1 aromatic heterocycles. The lowest BCUT2D eigenvalue weighted by Gasteiger charge is -2.36. The highest BCUT2D eigenvalue weighted by Crippen LogP contribution is 2.07. The molecule has 0 unspecified atom stereocenters. The second kappa shape index (κ2) is 8.52. The van der Waals surface area contributed by atoms with Crippen LogP contribution in [-0.4, -0.2) is 85.1 Å². The molecule has 0 radical (unpaired) electrons. The molecule has 23 heavy (non-hydrogen) atoms. The van der Waals surface area contributed by atoms with E-state index in [0.29, 0.717) is 0 Å². The van der Waals surface area contributed by atoms with Gasteiger partial charge in [0, 0.05) is 59.4 Å². The van der Waals surface area contributed by atoms with E-state index in [4.69, 9.17) is 4.52 Å². The number of amides is 1. The zero-order valence-corrected chi connectivity index (χ0v) is 14.2. The molecule has 1 fully saturated rings. The number of nitrogens with zero attached hydrogens (tertiary/aromatic N) is 5. The Bertz CT molecular complexity index is 506. The molecule has 2 rings (SSSR count). The van der Waals surface area contributed by atoms with Gasteiger partial charge in [0.05, 0.1) is 5.69 Å². The summed E-state index contributed by atoms with van der Waals surface area (Å²) in [4.78, 5) is 22.3. The van der Waals surface area contributed by atoms with Crippen molar-refractivity contribution < 1.29 is 9.32 Å². The van der Waals surface area contributed by atoms with Gasteiger partial charge in [0.25, 0.3) is 0 Å². The number of likely N-dealkylation sites (N-methyl/N-ethyl adjacent to an activating group) is 1. The second-order valence-electron chi connectivity index (χ2n) is 5.71. The van der Waals surface area contributed by atoms with E-state index < -0.39 is 0 Å². The third-order valence-corrected chi connectivity index (χ3v) is 3.75. The molecule has 1 aliphatic rings. The molecule has 1 aromatic rings. The smallest absolute Gasteiger partial charge is 0.243 e. The van der Waals surface area contributed by atoms with E-state index in [9.17, 15) is 4.79 Å². The average Bonchev–Trinajstić information content (AvgIpc) is 3.05. The Morgan fingerprint density at radius 3 is 2.70 bits per heavy atom. The monoisotopic (exact) mass is 322 g/mol. The molecular formula is C15H26N6O2. The zero-order chi connectivity index (χ0) is 16.7. The molecule has 0 aliphatic carbocycles. The Morgan fingerprint density at radius 2 is 2.13 bits per heavy atom. The molecule has 0 spiro atoms. The van der Waals surface area contributed by atoms with E-state index >= 15 is 0 Å². The highest BCUT2D eigenvalue weighted by atomic mass is 16.5. The van der Waals surface area contributed by atoms with Crippen LogP contribution < -0.4 is 5.32 Å². The van der Waals surface area contributed by atoms with Gasteiger partial charge in [-0.3, -0.25) is 9.69 Å². The van der Waals surface area contributed by atoms with Crippen molar-refractivity contribution in [2.75, 3.05) is 53.4 Å². The first-order chi connectivity index (χ1) is 11.1. The number of carbonyl (C=O) groups is 1. The van der Waals surface area contributed by atoms with Crippen LogP contribution in [0.5, 0.6) is 0 Å². The third-order valence-electron chi connectivity index (χ3n) is 3.75. The second-order valence-corrected chi connectivity index (χ2v) is 5.71. The largest absolute Gasteiger partial charge is 0.364 e. The van der Waals surface area contributed by atoms with Crippen LogP contribution in [0.25, 0.3) is 0 Å². The van der Waals surface area contributed by atoms with Crippen molar-refractivity contribution >= 4 is 11.9 Å². The van der Waals surface area contributed by atoms with E-state index in [-0.39, 0.29) is 12.5 Å². The summed E-state index contributed by atoms with van der Waals surface area (Å²) in [6, 6.07) is 1.89. The average molecular weight is 322 g/mol. The first-order valence-corrected chi connectivity index (χ1v) is 7.95. The van der Waals surface area contributed by atoms with Crippen molar-refractivity contribution in [3.8, 4) is 0 Å². The predicted molar refractivity (Wildman–Crippen MR) is 88.0 cm³/mol. The Labute approximate surface area is 137 Å². The summed E-state index contributed by atoms with van der Waals surface area (Å²) >= 11 is 0. The standard InChI is InChI=1S/C15H26N6O2/c1-4-16-15(17-11-14(22)19(2)3)21-8-6-20(7-9-21)12-13-5-10-23-18-13/h5,10H,4,6-9,11-12H2,1-3H3,(H,16,17). The van der Waals surface area contributed by atoms with Gasteiger partial charge in [0.1, 0.15) is 12.8 Å². The van der Waals surface area contributed by atoms with Crippen molar-refractivity contribution in [2.45, 2.75) is 13.5 Å². The molecule has 0 atom stereocenters. The Morgan fingerprint density at radius 1 is 1.39 bits per heavy atom. The van der Waals surface area contributed by atoms with Crippen LogP contribution in [0.15, 0.2) is 21.8 Å². The summed E-state index contributed by atoms with van der Waals surface area (Å²) < 4.78 is 4.87. The molecule has 128 valence electrons. The van der Waals surface area contributed by atoms with Gasteiger partial charge in [-0.25, -0.2) is 4.99 Å². The first kappa shape index (κ1) is 17.3. The van der Waals surface area contributed by atoms with Crippen molar-refractivity contribution in [2.24, 2.45) is 4.99 Å². The topological polar surface area (TPSA) is 77.2 Å². The number of guanidine groups is 1. The van der Waals surface area contributed by atoms with Gasteiger partial charge in [-0.05, 0) is 6.92 Å². The number of hydrogen-bond acceptors (Lipinski definition) is 5. The van der Waals surface area contributed by atoms with Gasteiger partial charge in [-0.1, -0.05) is 5.16 Å². The van der Waals surface area contributed by atoms with Crippen molar-refractivity contribution in [1.29, 1.82) is 0 Å². The number of piperazine rings is 1. The summed E-state index contributed by atoms with van der Waals surface area (Å²) in [5.74, 6) is 0.814. The van der Waals surface area contributed by atoms with Crippen LogP contribution in [0.3, 0.4) is 0 Å². The number of hydrogen-bond donors (Lipinski definition) is 1. The van der Waals surface area contributed by atoms with Crippen molar-refractivity contribution in [3.63, 3.8) is 0 Å². The fourth-order valence-electron chi connectivity index (χ4n) is 2.38. The fraction of sp³-hybridized carbons (Fsp3) is 0.667. The SMILES string of the molecule is CCNC(=NCC(=O)N(C)C)N1CCN(Cc2ccon2)CC1. The van der Waals surface area contributed by atoms with E-state index in [1.54, 1.807) is 25.3 Å². The molecule has 1 aliphatic heterocycles. The minimum absolute atomic E-state index is 0.00470. The zero-order valence-electron chi connectivity index (χ0n) is 14.2. The van der Waals surface area contributed by atoms with E-state index in [0.717, 1.165) is 50.9 Å². The van der Waals surface area contributed by atoms with Crippen LogP contribution in [0.4, 0.5) is 0 Å². The van der Waals surface area contributed by atoms with Crippen molar-refractivity contribution in [1.82, 2.24) is 25.2 Å². The quantitative estimate of drug-likeness (QED) is 0.600. The first-order valence-electron chi connectivity index (χ1n) is 7.95. The Kier molecular flexibility index (Phi) is 6.40. The van der Waals surface area contributed by atoms with E-state index in [1.807, 2.05) is 13.0 Å². The number of aliphatic imine (C=N–C) groups is 1. The molecule has 8 nitrogen and oxygen atoms in total. The van der Waals surface area contributed by atoms with Gasteiger partial charge in [-0.2, -0.15) is 0 Å². The number of aromatic nitrogens is 1. The maximum absolute atomic E-state index is 11.7. The van der Waals surface area contributed by atoms with Gasteiger partial charge >= 0.3 is 0 Å². The lowest BCUT2D eigenvalue weighted by atomic mass is 10.3. The van der Waals surface area contributed by atoms with Crippen LogP contribution in [0.1, 0.15) is 12.6 Å². The predicted octanol–water partition coefficient (Wildman–Crippen LogP) is -0.154. The molecule has 1 saturated heterocycles. The minimum atomic E-state index is 0.00470. The van der Waals surface area contributed by atoms with Crippen LogP contribution >= 0.6 is 0 Å². The summed E-state index contributed by atoms with van der Waals surface area (Å²) in [6.07, 6.45) is 1.60. The maximum Gasteiger partial charge on any atom is 0.243 e. The third kappa shape index (κ3) is 5.24. The molecule has 2 heterocycles. The van der Waals surface area contributed by atoms with Crippen LogP contribution in [0.2, 0.25) is 0 Å². The molecule has 0 aromatic carbocycles. The summed E-state index contributed by atoms with van der Waals surface area (Å²) in [7, 11) is 3.49. The van der Waals surface area contributed by atoms with Crippen molar-refractivity contribution in [3.05, 3.63) is 18.0 Å². The fourth-order valence-corrected chi connectivity index (χ4v) is 2.38. The maximum atomic E-state index is 11.7. The number of nitrogens with one attached hydrogen (secondary N) is 1. The van der Waals surface area contributed by atoms with Gasteiger partial charge < -0.3 is 19.6 Å². The molecule has 8 heteroatoms. The Hall–Kier alpha value is -2.09. The Balaban J connectivity index is 1.86. The molecular weight excluding hydrogens is 296 g/mol. The molecule has 1 amide bonds. The highest BCUT2D eigenvalue weighted by molar-refractivity contribution is 5.84. The lowest BCUT2D eigenvalue weighted by molar-refractivity contribution is -0.127. The minimum Gasteiger partial charge on any atom is -0.364 e. The summed E-state index contributed by atoms with van der Waals surface area (Å²) in [5.41, 5.74) is 0.954. The normalized spacial score (nSPS) is 16.5. The summed E-state index contributed by atoms with van der Waals surface area (Å²) in [6.45, 7) is 7.40. The van der Waals surface area contributed by atoms with Gasteiger partial charge in [-0.15, -0.1) is 0 Å². The highest BCUT2D eigenvalue weighted by Gasteiger charge is 2.20. The van der Waals surface area contributed by atoms with E-state index in [1.165, 1.54) is 0 Å². The molecule has 1 N–H and O–H groups in total. The lowest BCUT2D eigenvalue weighted by Crippen LogP contribution is -2.52. The van der Waals surface area contributed by atoms with E-state index in [2.05, 4.69) is 25.3 Å². The van der Waals surface area contributed by atoms with Gasteiger partial charge in [0.2, 0.25) is 5.91 Å². The summed E-state index contributed by atoms with van der Waals surface area (Å²) in [5, 5.41) is 7.22. The number of rotatable bonds is 5. The van der Waals surface area contributed by atoms with Gasteiger partial charge in [0.15, 0.2) is 5.96 Å². The number of carbonyl (C=O) groups excluding carboxylic acids is 1.